The van der Waals surface area contributed by atoms with Crippen LogP contribution < -0.4 is 10.6 Å². The third-order valence-electron chi connectivity index (χ3n) is 5.09. The highest BCUT2D eigenvalue weighted by atomic mass is 16.6. The lowest BCUT2D eigenvalue weighted by Crippen LogP contribution is -2.40. The Balaban J connectivity index is 1.83. The Labute approximate surface area is 151 Å². The molecule has 0 saturated carbocycles. The van der Waals surface area contributed by atoms with Gasteiger partial charge >= 0.3 is 6.09 Å². The van der Waals surface area contributed by atoms with Crippen molar-refractivity contribution < 1.29 is 9.53 Å². The average Bonchev–Trinajstić information content (AvgIpc) is 2.85. The van der Waals surface area contributed by atoms with Crippen molar-refractivity contribution in [1.82, 2.24) is 4.90 Å². The highest BCUT2D eigenvalue weighted by Gasteiger charge is 2.33. The van der Waals surface area contributed by atoms with Crippen LogP contribution >= 0.6 is 0 Å². The van der Waals surface area contributed by atoms with E-state index >= 15 is 0 Å². The maximum atomic E-state index is 12.4. The molecule has 5 heteroatoms. The van der Waals surface area contributed by atoms with Crippen LogP contribution in [0.1, 0.15) is 52.2 Å². The Kier molecular flexibility index (Phi) is 4.38. The molecule has 1 amide bonds. The molecule has 0 spiro atoms. The Morgan fingerprint density at radius 3 is 2.52 bits per heavy atom. The summed E-state index contributed by atoms with van der Waals surface area (Å²) in [7, 11) is 0. The maximum Gasteiger partial charge on any atom is 0.410 e. The zero-order chi connectivity index (χ0) is 18.4. The number of carbonyl (C=O) groups excluding carboxylic acids is 1. The molecule has 1 saturated heterocycles. The van der Waals surface area contributed by atoms with Gasteiger partial charge in [0.1, 0.15) is 5.60 Å². The molecule has 2 N–H and O–H groups in total. The van der Waals surface area contributed by atoms with Gasteiger partial charge < -0.3 is 20.3 Å². The highest BCUT2D eigenvalue weighted by Crippen LogP contribution is 2.38. The molecule has 0 aromatic heterocycles. The molecule has 3 rings (SSSR count). The van der Waals surface area contributed by atoms with Crippen molar-refractivity contribution in [2.75, 3.05) is 30.3 Å². The molecule has 0 bridgehead atoms. The SMILES string of the molecule is CC1(C)CCN(c2ccc(N)c3c2CCN(C(=O)OC(C)(C)C)C3)C1. The van der Waals surface area contributed by atoms with Gasteiger partial charge in [-0.05, 0) is 62.3 Å². The lowest BCUT2D eigenvalue weighted by molar-refractivity contribution is 0.0224. The van der Waals surface area contributed by atoms with Gasteiger partial charge in [0, 0.05) is 31.0 Å². The van der Waals surface area contributed by atoms with Crippen LogP contribution in [-0.4, -0.2) is 36.2 Å². The molecular weight excluding hydrogens is 314 g/mol. The summed E-state index contributed by atoms with van der Waals surface area (Å²) >= 11 is 0. The van der Waals surface area contributed by atoms with Crippen molar-refractivity contribution >= 4 is 17.5 Å². The lowest BCUT2D eigenvalue weighted by atomic mass is 9.93. The largest absolute Gasteiger partial charge is 0.444 e. The van der Waals surface area contributed by atoms with E-state index in [-0.39, 0.29) is 6.09 Å². The van der Waals surface area contributed by atoms with E-state index in [1.807, 2.05) is 26.8 Å². The monoisotopic (exact) mass is 345 g/mol. The number of nitrogens with two attached hydrogens (primary N) is 1. The van der Waals surface area contributed by atoms with Crippen LogP contribution in [0, 0.1) is 5.41 Å². The summed E-state index contributed by atoms with van der Waals surface area (Å²) in [5, 5.41) is 0. The summed E-state index contributed by atoms with van der Waals surface area (Å²) in [6.45, 7) is 13.7. The van der Waals surface area contributed by atoms with E-state index in [1.54, 1.807) is 4.90 Å². The van der Waals surface area contributed by atoms with E-state index in [0.29, 0.717) is 18.5 Å². The number of ether oxygens (including phenoxy) is 1. The van der Waals surface area contributed by atoms with Crippen LogP contribution in [-0.2, 0) is 17.7 Å². The van der Waals surface area contributed by atoms with E-state index in [4.69, 9.17) is 10.5 Å². The van der Waals surface area contributed by atoms with Gasteiger partial charge in [0.05, 0.1) is 6.54 Å². The number of hydrogen-bond donors (Lipinski definition) is 1. The first kappa shape index (κ1) is 17.9. The van der Waals surface area contributed by atoms with Crippen molar-refractivity contribution in [3.63, 3.8) is 0 Å². The molecule has 2 heterocycles. The molecule has 138 valence electrons. The summed E-state index contributed by atoms with van der Waals surface area (Å²) in [6, 6.07) is 4.14. The fourth-order valence-corrected chi connectivity index (χ4v) is 3.78. The third-order valence-corrected chi connectivity index (χ3v) is 5.09. The van der Waals surface area contributed by atoms with Crippen molar-refractivity contribution in [2.45, 2.75) is 59.6 Å². The molecule has 1 aromatic carbocycles. The summed E-state index contributed by atoms with van der Waals surface area (Å²) in [4.78, 5) is 16.7. The first-order valence-electron chi connectivity index (χ1n) is 9.19. The lowest BCUT2D eigenvalue weighted by Gasteiger charge is -2.34. The van der Waals surface area contributed by atoms with Gasteiger partial charge in [-0.3, -0.25) is 0 Å². The topological polar surface area (TPSA) is 58.8 Å². The number of benzene rings is 1. The first-order chi connectivity index (χ1) is 11.6. The molecular formula is C20H31N3O2. The van der Waals surface area contributed by atoms with E-state index in [9.17, 15) is 4.79 Å². The molecule has 0 atom stereocenters. The summed E-state index contributed by atoms with van der Waals surface area (Å²) < 4.78 is 5.53. The molecule has 2 aliphatic rings. The zero-order valence-corrected chi connectivity index (χ0v) is 16.2. The minimum absolute atomic E-state index is 0.259. The van der Waals surface area contributed by atoms with Crippen molar-refractivity contribution in [1.29, 1.82) is 0 Å². The highest BCUT2D eigenvalue weighted by molar-refractivity contribution is 5.72. The molecule has 0 radical (unpaired) electrons. The Hall–Kier alpha value is -1.91. The number of nitrogen functional groups attached to an aromatic ring is 1. The molecule has 0 unspecified atom stereocenters. The molecule has 25 heavy (non-hydrogen) atoms. The number of fused-ring (bicyclic) bond motifs is 1. The fourth-order valence-electron chi connectivity index (χ4n) is 3.78. The number of carbonyl (C=O) groups is 1. The van der Waals surface area contributed by atoms with Gasteiger partial charge in [0.15, 0.2) is 0 Å². The second-order valence-electron chi connectivity index (χ2n) is 9.12. The second-order valence-corrected chi connectivity index (χ2v) is 9.12. The van der Waals surface area contributed by atoms with Crippen LogP contribution in [0.5, 0.6) is 0 Å². The minimum Gasteiger partial charge on any atom is -0.444 e. The van der Waals surface area contributed by atoms with Crippen LogP contribution in [0.2, 0.25) is 0 Å². The second kappa shape index (κ2) is 6.11. The van der Waals surface area contributed by atoms with Gasteiger partial charge in [0.25, 0.3) is 0 Å². The van der Waals surface area contributed by atoms with Crippen LogP contribution in [0.15, 0.2) is 12.1 Å². The number of rotatable bonds is 1. The molecule has 1 aromatic rings. The standard InChI is InChI=1S/C20H31N3O2/c1-19(2,3)25-18(24)22-10-8-14-15(12-22)16(21)6-7-17(14)23-11-9-20(4,5)13-23/h6-7H,8-13,21H2,1-5H3. The average molecular weight is 345 g/mol. The van der Waals surface area contributed by atoms with E-state index in [2.05, 4.69) is 24.8 Å². The number of nitrogens with zero attached hydrogens (tertiary/aromatic N) is 2. The van der Waals surface area contributed by atoms with Gasteiger partial charge in [-0.1, -0.05) is 13.8 Å². The zero-order valence-electron chi connectivity index (χ0n) is 16.2. The summed E-state index contributed by atoms with van der Waals surface area (Å²) in [5.41, 5.74) is 10.6. The number of hydrogen-bond acceptors (Lipinski definition) is 4. The molecule has 2 aliphatic heterocycles. The Bertz CT molecular complexity index is 676. The van der Waals surface area contributed by atoms with Gasteiger partial charge in [-0.2, -0.15) is 0 Å². The summed E-state index contributed by atoms with van der Waals surface area (Å²) in [5.74, 6) is 0. The Morgan fingerprint density at radius 2 is 1.92 bits per heavy atom. The quantitative estimate of drug-likeness (QED) is 0.787. The van der Waals surface area contributed by atoms with Crippen LogP contribution in [0.25, 0.3) is 0 Å². The first-order valence-corrected chi connectivity index (χ1v) is 9.19. The fraction of sp³-hybridized carbons (Fsp3) is 0.650. The van der Waals surface area contributed by atoms with Crippen molar-refractivity contribution in [3.8, 4) is 0 Å². The van der Waals surface area contributed by atoms with E-state index in [0.717, 1.165) is 30.8 Å². The van der Waals surface area contributed by atoms with Crippen molar-refractivity contribution in [3.05, 3.63) is 23.3 Å². The third kappa shape index (κ3) is 3.86. The summed E-state index contributed by atoms with van der Waals surface area (Å²) in [6.07, 6.45) is 1.77. The maximum absolute atomic E-state index is 12.4. The van der Waals surface area contributed by atoms with Crippen LogP contribution in [0.4, 0.5) is 16.2 Å². The molecule has 1 fully saturated rings. The predicted octanol–water partition coefficient (Wildman–Crippen LogP) is 3.80. The van der Waals surface area contributed by atoms with E-state index < -0.39 is 5.60 Å². The molecule has 5 nitrogen and oxygen atoms in total. The smallest absolute Gasteiger partial charge is 0.410 e. The van der Waals surface area contributed by atoms with Crippen molar-refractivity contribution in [2.24, 2.45) is 5.41 Å². The van der Waals surface area contributed by atoms with Gasteiger partial charge in [-0.15, -0.1) is 0 Å². The van der Waals surface area contributed by atoms with Gasteiger partial charge in [0.2, 0.25) is 0 Å². The van der Waals surface area contributed by atoms with Crippen LogP contribution in [0.3, 0.4) is 0 Å². The molecule has 0 aliphatic carbocycles. The van der Waals surface area contributed by atoms with E-state index in [1.165, 1.54) is 17.7 Å². The normalized spacial score (nSPS) is 19.7. The number of amides is 1. The van der Waals surface area contributed by atoms with Gasteiger partial charge in [-0.25, -0.2) is 4.79 Å². The Morgan fingerprint density at radius 1 is 1.20 bits per heavy atom. The number of anilines is 2. The predicted molar refractivity (Wildman–Crippen MR) is 102 cm³/mol. The minimum atomic E-state index is -0.480.